The van der Waals surface area contributed by atoms with Crippen molar-refractivity contribution < 1.29 is 19.4 Å². The molecule has 3 rings (SSSR count). The van der Waals surface area contributed by atoms with Gasteiger partial charge >= 0.3 is 0 Å². The van der Waals surface area contributed by atoms with Crippen LogP contribution in [-0.2, 0) is 0 Å². The largest absolute Gasteiger partial charge is 0.507 e. The van der Waals surface area contributed by atoms with Crippen molar-refractivity contribution in [3.05, 3.63) is 58.6 Å². The Bertz CT molecular complexity index is 752. The van der Waals surface area contributed by atoms with E-state index < -0.39 is 0 Å². The van der Waals surface area contributed by atoms with Crippen LogP contribution in [0.15, 0.2) is 42.5 Å². The first kappa shape index (κ1) is 14.5. The Hall–Kier alpha value is -2.46. The molecule has 0 radical (unpaired) electrons. The second-order valence-electron chi connectivity index (χ2n) is 4.76. The fourth-order valence-electron chi connectivity index (χ4n) is 2.14. The minimum atomic E-state index is -0.302. The minimum Gasteiger partial charge on any atom is -0.507 e. The predicted octanol–water partition coefficient (Wildman–Crippen LogP) is 3.71. The standard InChI is InChI=1S/C17H13ClO4/c18-12-3-4-13(15(20)10-12)14(19)5-1-11-2-6-16-17(9-11)22-8-7-21-16/h1-6,9-10,20H,7-8H2/b5-1+. The first-order valence-corrected chi connectivity index (χ1v) is 7.12. The average Bonchev–Trinajstić information content (AvgIpc) is 2.52. The molecule has 2 aromatic rings. The number of aromatic hydroxyl groups is 1. The lowest BCUT2D eigenvalue weighted by Crippen LogP contribution is -2.15. The summed E-state index contributed by atoms with van der Waals surface area (Å²) in [5.41, 5.74) is 1.02. The van der Waals surface area contributed by atoms with Gasteiger partial charge in [0.1, 0.15) is 19.0 Å². The summed E-state index contributed by atoms with van der Waals surface area (Å²) in [7, 11) is 0. The van der Waals surface area contributed by atoms with E-state index in [-0.39, 0.29) is 17.1 Å². The van der Waals surface area contributed by atoms with E-state index in [9.17, 15) is 9.90 Å². The average molecular weight is 317 g/mol. The maximum atomic E-state index is 12.1. The van der Waals surface area contributed by atoms with E-state index in [0.717, 1.165) is 5.56 Å². The van der Waals surface area contributed by atoms with Gasteiger partial charge in [0.15, 0.2) is 17.3 Å². The molecule has 0 saturated heterocycles. The summed E-state index contributed by atoms with van der Waals surface area (Å²) < 4.78 is 10.9. The molecule has 0 aromatic heterocycles. The van der Waals surface area contributed by atoms with E-state index in [4.69, 9.17) is 21.1 Å². The molecule has 1 N–H and O–H groups in total. The monoisotopic (exact) mass is 316 g/mol. The molecule has 5 heteroatoms. The highest BCUT2D eigenvalue weighted by molar-refractivity contribution is 6.31. The van der Waals surface area contributed by atoms with Gasteiger partial charge in [-0.3, -0.25) is 4.79 Å². The number of allylic oxidation sites excluding steroid dienone is 1. The number of hydrogen-bond acceptors (Lipinski definition) is 4. The van der Waals surface area contributed by atoms with Crippen LogP contribution in [0.4, 0.5) is 0 Å². The first-order chi connectivity index (χ1) is 10.6. The molecule has 22 heavy (non-hydrogen) atoms. The molecule has 0 saturated carbocycles. The number of carbonyl (C=O) groups excluding carboxylic acids is 1. The number of ketones is 1. The molecule has 4 nitrogen and oxygen atoms in total. The summed E-state index contributed by atoms with van der Waals surface area (Å²) in [6.07, 6.45) is 3.06. The third-order valence-electron chi connectivity index (χ3n) is 3.22. The van der Waals surface area contributed by atoms with Gasteiger partial charge in [-0.1, -0.05) is 23.7 Å². The molecular formula is C17H13ClO4. The minimum absolute atomic E-state index is 0.135. The Morgan fingerprint density at radius 1 is 1.09 bits per heavy atom. The summed E-state index contributed by atoms with van der Waals surface area (Å²) in [5, 5.41) is 10.1. The number of carbonyl (C=O) groups is 1. The fraction of sp³-hybridized carbons (Fsp3) is 0.118. The number of phenols is 1. The van der Waals surface area contributed by atoms with Crippen LogP contribution in [0.2, 0.25) is 5.02 Å². The Labute approximate surface area is 132 Å². The van der Waals surface area contributed by atoms with Crippen LogP contribution in [0.3, 0.4) is 0 Å². The van der Waals surface area contributed by atoms with Gasteiger partial charge in [-0.2, -0.15) is 0 Å². The summed E-state index contributed by atoms with van der Waals surface area (Å²) in [5.74, 6) is 0.925. The van der Waals surface area contributed by atoms with Crippen molar-refractivity contribution in [2.24, 2.45) is 0 Å². The zero-order chi connectivity index (χ0) is 15.5. The normalized spacial score (nSPS) is 13.3. The SMILES string of the molecule is O=C(/C=C/c1ccc2c(c1)OCCO2)c1ccc(Cl)cc1O. The summed E-state index contributed by atoms with van der Waals surface area (Å²) in [4.78, 5) is 12.1. The highest BCUT2D eigenvalue weighted by atomic mass is 35.5. The molecule has 1 aliphatic rings. The van der Waals surface area contributed by atoms with E-state index in [1.807, 2.05) is 6.07 Å². The third-order valence-corrected chi connectivity index (χ3v) is 3.45. The van der Waals surface area contributed by atoms with Gasteiger partial charge in [-0.05, 0) is 42.0 Å². The van der Waals surface area contributed by atoms with Gasteiger partial charge in [-0.25, -0.2) is 0 Å². The Balaban J connectivity index is 1.80. The lowest BCUT2D eigenvalue weighted by atomic mass is 10.1. The Kier molecular flexibility index (Phi) is 4.02. The van der Waals surface area contributed by atoms with Gasteiger partial charge in [0.25, 0.3) is 0 Å². The smallest absolute Gasteiger partial charge is 0.189 e. The van der Waals surface area contributed by atoms with Crippen LogP contribution in [0.25, 0.3) is 6.08 Å². The number of fused-ring (bicyclic) bond motifs is 1. The van der Waals surface area contributed by atoms with Crippen molar-refractivity contribution in [3.8, 4) is 17.2 Å². The van der Waals surface area contributed by atoms with Crippen molar-refractivity contribution in [2.75, 3.05) is 13.2 Å². The van der Waals surface area contributed by atoms with Gasteiger partial charge in [0, 0.05) is 5.02 Å². The van der Waals surface area contributed by atoms with Crippen molar-refractivity contribution in [2.45, 2.75) is 0 Å². The molecule has 0 amide bonds. The second kappa shape index (κ2) is 6.12. The van der Waals surface area contributed by atoms with Gasteiger partial charge < -0.3 is 14.6 Å². The zero-order valence-corrected chi connectivity index (χ0v) is 12.3. The van der Waals surface area contributed by atoms with Crippen LogP contribution >= 0.6 is 11.6 Å². The highest BCUT2D eigenvalue weighted by Gasteiger charge is 2.11. The predicted molar refractivity (Wildman–Crippen MR) is 83.9 cm³/mol. The maximum absolute atomic E-state index is 12.1. The molecule has 0 unspecified atom stereocenters. The topological polar surface area (TPSA) is 55.8 Å². The quantitative estimate of drug-likeness (QED) is 0.692. The lowest BCUT2D eigenvalue weighted by molar-refractivity contribution is 0.104. The lowest BCUT2D eigenvalue weighted by Gasteiger charge is -2.18. The Morgan fingerprint density at radius 3 is 2.64 bits per heavy atom. The van der Waals surface area contributed by atoms with Crippen LogP contribution in [0.5, 0.6) is 17.2 Å². The van der Waals surface area contributed by atoms with Crippen molar-refractivity contribution in [1.82, 2.24) is 0 Å². The van der Waals surface area contributed by atoms with Crippen LogP contribution < -0.4 is 9.47 Å². The van der Waals surface area contributed by atoms with Crippen molar-refractivity contribution in [1.29, 1.82) is 0 Å². The van der Waals surface area contributed by atoms with E-state index in [2.05, 4.69) is 0 Å². The molecule has 0 aliphatic carbocycles. The number of hydrogen-bond donors (Lipinski definition) is 1. The van der Waals surface area contributed by atoms with Crippen molar-refractivity contribution in [3.63, 3.8) is 0 Å². The van der Waals surface area contributed by atoms with Crippen LogP contribution in [-0.4, -0.2) is 24.1 Å². The first-order valence-electron chi connectivity index (χ1n) is 6.74. The summed E-state index contributed by atoms with van der Waals surface area (Å²) in [6, 6.07) is 9.84. The van der Waals surface area contributed by atoms with Crippen LogP contribution in [0.1, 0.15) is 15.9 Å². The number of ether oxygens (including phenoxy) is 2. The fourth-order valence-corrected chi connectivity index (χ4v) is 2.30. The number of phenolic OH excluding ortho intramolecular Hbond substituents is 1. The molecule has 0 fully saturated rings. The zero-order valence-electron chi connectivity index (χ0n) is 11.6. The van der Waals surface area contributed by atoms with E-state index in [1.165, 1.54) is 18.2 Å². The van der Waals surface area contributed by atoms with E-state index in [1.54, 1.807) is 24.3 Å². The molecule has 0 atom stereocenters. The molecule has 0 spiro atoms. The van der Waals surface area contributed by atoms with E-state index in [0.29, 0.717) is 29.7 Å². The molecule has 1 aliphatic heterocycles. The molecule has 2 aromatic carbocycles. The number of halogens is 1. The summed E-state index contributed by atoms with van der Waals surface area (Å²) >= 11 is 5.75. The third kappa shape index (κ3) is 3.07. The van der Waals surface area contributed by atoms with E-state index >= 15 is 0 Å². The Morgan fingerprint density at radius 2 is 1.86 bits per heavy atom. The summed E-state index contributed by atoms with van der Waals surface area (Å²) in [6.45, 7) is 1.05. The maximum Gasteiger partial charge on any atom is 0.189 e. The second-order valence-corrected chi connectivity index (χ2v) is 5.20. The molecule has 0 bridgehead atoms. The molecule has 1 heterocycles. The van der Waals surface area contributed by atoms with Gasteiger partial charge in [-0.15, -0.1) is 0 Å². The number of benzene rings is 2. The van der Waals surface area contributed by atoms with Crippen LogP contribution in [0, 0.1) is 0 Å². The molecular weight excluding hydrogens is 304 g/mol. The number of rotatable bonds is 3. The van der Waals surface area contributed by atoms with Crippen molar-refractivity contribution >= 4 is 23.5 Å². The highest BCUT2D eigenvalue weighted by Crippen LogP contribution is 2.31. The van der Waals surface area contributed by atoms with Gasteiger partial charge in [0.2, 0.25) is 0 Å². The molecule has 112 valence electrons. The van der Waals surface area contributed by atoms with Gasteiger partial charge in [0.05, 0.1) is 5.56 Å².